The molecular weight excluding hydrogens is 168 g/mol. The Bertz CT molecular complexity index is 206. The highest BCUT2D eigenvalue weighted by atomic mass is 16.7. The standard InChI is InChI=1S/C6H10O6/c1-5(2-3-7,4(8)9)6(10,11)12/h4,7-12H,1H3. The van der Waals surface area contributed by atoms with Crippen molar-refractivity contribution in [3.8, 4) is 12.0 Å². The average Bonchev–Trinajstić information content (AvgIpc) is 1.85. The number of rotatable bonds is 2. The molecule has 0 amide bonds. The quantitative estimate of drug-likeness (QED) is 0.201. The molecule has 0 aliphatic carbocycles. The van der Waals surface area contributed by atoms with E-state index in [1.165, 1.54) is 6.11 Å². The molecule has 0 fully saturated rings. The number of hydrogen-bond donors (Lipinski definition) is 6. The summed E-state index contributed by atoms with van der Waals surface area (Å²) in [5, 5.41) is 51.1. The molecule has 1 atom stereocenters. The minimum atomic E-state index is -3.41. The molecule has 0 spiro atoms. The summed E-state index contributed by atoms with van der Waals surface area (Å²) in [6.07, 6.45) is -1.06. The van der Waals surface area contributed by atoms with E-state index >= 15 is 0 Å². The van der Waals surface area contributed by atoms with Crippen molar-refractivity contribution in [1.29, 1.82) is 0 Å². The molecule has 70 valence electrons. The summed E-state index contributed by atoms with van der Waals surface area (Å²) >= 11 is 0. The van der Waals surface area contributed by atoms with E-state index in [0.717, 1.165) is 6.92 Å². The van der Waals surface area contributed by atoms with Crippen molar-refractivity contribution in [3.63, 3.8) is 0 Å². The van der Waals surface area contributed by atoms with E-state index in [1.807, 2.05) is 0 Å². The first-order chi connectivity index (χ1) is 5.25. The average molecular weight is 178 g/mol. The summed E-state index contributed by atoms with van der Waals surface area (Å²) in [4.78, 5) is 0. The van der Waals surface area contributed by atoms with Gasteiger partial charge in [-0.2, -0.15) is 0 Å². The predicted molar refractivity (Wildman–Crippen MR) is 35.4 cm³/mol. The smallest absolute Gasteiger partial charge is 0.297 e. The lowest BCUT2D eigenvalue weighted by Gasteiger charge is -2.32. The number of aliphatic hydroxyl groups excluding tert-OH is 2. The summed E-state index contributed by atoms with van der Waals surface area (Å²) in [5.74, 6) is -1.75. The van der Waals surface area contributed by atoms with Gasteiger partial charge in [-0.05, 0) is 12.8 Å². The molecule has 0 aliphatic heterocycles. The first kappa shape index (κ1) is 11.2. The van der Waals surface area contributed by atoms with Crippen molar-refractivity contribution in [2.24, 2.45) is 5.41 Å². The molecule has 0 aromatic carbocycles. The third kappa shape index (κ3) is 1.85. The molecule has 6 nitrogen and oxygen atoms in total. The van der Waals surface area contributed by atoms with Gasteiger partial charge in [0.15, 0.2) is 11.7 Å². The third-order valence-electron chi connectivity index (χ3n) is 1.53. The highest BCUT2D eigenvalue weighted by molar-refractivity contribution is 5.10. The Morgan fingerprint density at radius 3 is 1.67 bits per heavy atom. The van der Waals surface area contributed by atoms with Crippen LogP contribution in [0.15, 0.2) is 0 Å². The van der Waals surface area contributed by atoms with Crippen LogP contribution in [0, 0.1) is 17.4 Å². The summed E-state index contributed by atoms with van der Waals surface area (Å²) in [7, 11) is 0. The fourth-order valence-electron chi connectivity index (χ4n) is 0.438. The highest BCUT2D eigenvalue weighted by Crippen LogP contribution is 2.29. The Balaban J connectivity index is 4.97. The topological polar surface area (TPSA) is 121 Å². The van der Waals surface area contributed by atoms with E-state index in [4.69, 9.17) is 30.6 Å². The van der Waals surface area contributed by atoms with Crippen LogP contribution in [0.4, 0.5) is 0 Å². The summed E-state index contributed by atoms with van der Waals surface area (Å²) in [6.45, 7) is 0.848. The second kappa shape index (κ2) is 3.26. The van der Waals surface area contributed by atoms with Crippen LogP contribution in [-0.2, 0) is 0 Å². The van der Waals surface area contributed by atoms with Crippen molar-refractivity contribution < 1.29 is 30.6 Å². The summed E-state index contributed by atoms with van der Waals surface area (Å²) in [6, 6.07) is 0. The molecule has 0 saturated heterocycles. The molecule has 0 aromatic rings. The highest BCUT2D eigenvalue weighted by Gasteiger charge is 2.49. The fraction of sp³-hybridized carbons (Fsp3) is 0.667. The van der Waals surface area contributed by atoms with Gasteiger partial charge in [0.1, 0.15) is 6.11 Å². The van der Waals surface area contributed by atoms with E-state index < -0.39 is 17.7 Å². The SMILES string of the molecule is CC(C#CO)(C(O)O)C(O)(O)O. The van der Waals surface area contributed by atoms with Crippen molar-refractivity contribution >= 4 is 0 Å². The largest absolute Gasteiger partial charge is 0.462 e. The van der Waals surface area contributed by atoms with Crippen LogP contribution < -0.4 is 0 Å². The molecule has 6 heteroatoms. The number of aliphatic hydroxyl groups is 6. The van der Waals surface area contributed by atoms with Crippen molar-refractivity contribution in [2.45, 2.75) is 19.2 Å². The van der Waals surface area contributed by atoms with Crippen LogP contribution in [0.25, 0.3) is 0 Å². The van der Waals surface area contributed by atoms with Gasteiger partial charge in [0.2, 0.25) is 0 Å². The molecule has 12 heavy (non-hydrogen) atoms. The first-order valence-corrected chi connectivity index (χ1v) is 2.95. The lowest BCUT2D eigenvalue weighted by atomic mass is 9.88. The second-order valence-corrected chi connectivity index (χ2v) is 2.45. The molecular formula is C6H10O6. The van der Waals surface area contributed by atoms with Crippen molar-refractivity contribution in [3.05, 3.63) is 0 Å². The normalized spacial score (nSPS) is 16.6. The molecule has 0 bridgehead atoms. The fourth-order valence-corrected chi connectivity index (χ4v) is 0.438. The van der Waals surface area contributed by atoms with Crippen LogP contribution >= 0.6 is 0 Å². The summed E-state index contributed by atoms with van der Waals surface area (Å²) < 4.78 is 0. The Morgan fingerprint density at radius 2 is 1.58 bits per heavy atom. The molecule has 0 heterocycles. The van der Waals surface area contributed by atoms with E-state index in [2.05, 4.69) is 0 Å². The van der Waals surface area contributed by atoms with Gasteiger partial charge >= 0.3 is 0 Å². The minimum Gasteiger partial charge on any atom is -0.462 e. The molecule has 6 N–H and O–H groups in total. The lowest BCUT2D eigenvalue weighted by Crippen LogP contribution is -2.52. The monoisotopic (exact) mass is 178 g/mol. The van der Waals surface area contributed by atoms with Gasteiger partial charge in [-0.3, -0.25) is 0 Å². The zero-order chi connectivity index (χ0) is 9.99. The van der Waals surface area contributed by atoms with Crippen LogP contribution in [-0.4, -0.2) is 42.9 Å². The Kier molecular flexibility index (Phi) is 3.04. The van der Waals surface area contributed by atoms with Gasteiger partial charge in [0.25, 0.3) is 5.97 Å². The number of hydrogen-bond acceptors (Lipinski definition) is 6. The molecule has 0 radical (unpaired) electrons. The molecule has 0 aliphatic rings. The molecule has 0 rings (SSSR count). The van der Waals surface area contributed by atoms with E-state index in [9.17, 15) is 0 Å². The minimum absolute atomic E-state index is 0.848. The van der Waals surface area contributed by atoms with Crippen LogP contribution in [0.5, 0.6) is 0 Å². The van der Waals surface area contributed by atoms with Gasteiger partial charge in [-0.15, -0.1) is 0 Å². The maximum atomic E-state index is 8.62. The molecule has 0 saturated carbocycles. The van der Waals surface area contributed by atoms with Crippen molar-refractivity contribution in [1.82, 2.24) is 0 Å². The van der Waals surface area contributed by atoms with Gasteiger partial charge in [0.05, 0.1) is 0 Å². The van der Waals surface area contributed by atoms with E-state index in [-0.39, 0.29) is 0 Å². The van der Waals surface area contributed by atoms with Gasteiger partial charge < -0.3 is 30.6 Å². The van der Waals surface area contributed by atoms with Crippen LogP contribution in [0.1, 0.15) is 6.92 Å². The molecule has 1 unspecified atom stereocenters. The lowest BCUT2D eigenvalue weighted by molar-refractivity contribution is -0.386. The van der Waals surface area contributed by atoms with Crippen LogP contribution in [0.3, 0.4) is 0 Å². The zero-order valence-electron chi connectivity index (χ0n) is 6.26. The third-order valence-corrected chi connectivity index (χ3v) is 1.53. The maximum Gasteiger partial charge on any atom is 0.297 e. The molecule has 0 aromatic heterocycles. The first-order valence-electron chi connectivity index (χ1n) is 2.95. The van der Waals surface area contributed by atoms with Gasteiger partial charge in [-0.25, -0.2) is 0 Å². The Labute approximate surface area is 68.3 Å². The maximum absolute atomic E-state index is 8.62. The van der Waals surface area contributed by atoms with Crippen LogP contribution in [0.2, 0.25) is 0 Å². The Morgan fingerprint density at radius 1 is 1.17 bits per heavy atom. The zero-order valence-corrected chi connectivity index (χ0v) is 6.26. The predicted octanol–water partition coefficient (Wildman–Crippen LogP) is -2.73. The summed E-state index contributed by atoms with van der Waals surface area (Å²) in [5.41, 5.74) is -2.35. The second-order valence-electron chi connectivity index (χ2n) is 2.45. The van der Waals surface area contributed by atoms with E-state index in [1.54, 1.807) is 5.92 Å². The van der Waals surface area contributed by atoms with E-state index in [0.29, 0.717) is 0 Å². The Hall–Kier alpha value is -0.840. The van der Waals surface area contributed by atoms with Gasteiger partial charge in [-0.1, -0.05) is 0 Å². The van der Waals surface area contributed by atoms with Gasteiger partial charge in [0, 0.05) is 0 Å². The van der Waals surface area contributed by atoms with Crippen molar-refractivity contribution in [2.75, 3.05) is 0 Å².